The number of carbonyl (C=O) groups is 2. The van der Waals surface area contributed by atoms with E-state index in [1.165, 1.54) is 12.1 Å². The Hall–Kier alpha value is -2.39. The molecule has 1 aromatic carbocycles. The predicted octanol–water partition coefficient (Wildman–Crippen LogP) is 1.25. The van der Waals surface area contributed by atoms with Crippen molar-refractivity contribution >= 4 is 11.9 Å². The van der Waals surface area contributed by atoms with Crippen molar-refractivity contribution in [3.8, 4) is 6.07 Å². The van der Waals surface area contributed by atoms with Gasteiger partial charge >= 0.3 is 11.9 Å². The Morgan fingerprint density at radius 2 is 2.00 bits per heavy atom. The second-order valence-electron chi connectivity index (χ2n) is 4.98. The van der Waals surface area contributed by atoms with Gasteiger partial charge in [-0.1, -0.05) is 6.07 Å². The van der Waals surface area contributed by atoms with Gasteiger partial charge in [-0.05, 0) is 24.7 Å². The number of aromatic carboxylic acids is 2. The average molecular weight is 274 g/mol. The SMILES string of the molecule is CN1C[C@@H](C#N)[C@H](c2ccc(C(=O)O)cc2C(=O)O)C1. The van der Waals surface area contributed by atoms with Gasteiger partial charge in [0.25, 0.3) is 0 Å². The molecule has 0 aliphatic carbocycles. The summed E-state index contributed by atoms with van der Waals surface area (Å²) in [6.45, 7) is 1.17. The zero-order chi connectivity index (χ0) is 14.9. The molecule has 2 atom stereocenters. The Bertz CT molecular complexity index is 606. The van der Waals surface area contributed by atoms with Gasteiger partial charge in [0.2, 0.25) is 0 Å². The van der Waals surface area contributed by atoms with Crippen molar-refractivity contribution in [1.29, 1.82) is 5.26 Å². The highest BCUT2D eigenvalue weighted by Crippen LogP contribution is 2.34. The van der Waals surface area contributed by atoms with E-state index < -0.39 is 11.9 Å². The van der Waals surface area contributed by atoms with Crippen molar-refractivity contribution in [1.82, 2.24) is 4.90 Å². The minimum Gasteiger partial charge on any atom is -0.478 e. The van der Waals surface area contributed by atoms with Gasteiger partial charge in [0.15, 0.2) is 0 Å². The molecule has 20 heavy (non-hydrogen) atoms. The first-order valence-corrected chi connectivity index (χ1v) is 6.12. The number of carboxylic acids is 2. The van der Waals surface area contributed by atoms with Crippen LogP contribution in [-0.4, -0.2) is 47.2 Å². The first-order valence-electron chi connectivity index (χ1n) is 6.12. The molecule has 0 radical (unpaired) electrons. The number of rotatable bonds is 3. The van der Waals surface area contributed by atoms with E-state index in [4.69, 9.17) is 10.4 Å². The quantitative estimate of drug-likeness (QED) is 0.860. The van der Waals surface area contributed by atoms with Gasteiger partial charge in [-0.3, -0.25) is 0 Å². The predicted molar refractivity (Wildman–Crippen MR) is 69.7 cm³/mol. The molecule has 1 aliphatic heterocycles. The zero-order valence-electron chi connectivity index (χ0n) is 10.9. The third-order valence-corrected chi connectivity index (χ3v) is 3.60. The molecule has 2 rings (SSSR count). The van der Waals surface area contributed by atoms with Crippen molar-refractivity contribution < 1.29 is 19.8 Å². The summed E-state index contributed by atoms with van der Waals surface area (Å²) < 4.78 is 0. The van der Waals surface area contributed by atoms with Crippen LogP contribution in [0.1, 0.15) is 32.2 Å². The monoisotopic (exact) mass is 274 g/mol. The van der Waals surface area contributed by atoms with Gasteiger partial charge in [0.05, 0.1) is 23.1 Å². The van der Waals surface area contributed by atoms with Gasteiger partial charge < -0.3 is 15.1 Å². The second kappa shape index (κ2) is 5.31. The van der Waals surface area contributed by atoms with Crippen LogP contribution in [0, 0.1) is 17.2 Å². The maximum atomic E-state index is 11.3. The molecule has 1 aromatic rings. The fourth-order valence-electron chi connectivity index (χ4n) is 2.64. The zero-order valence-corrected chi connectivity index (χ0v) is 10.9. The molecule has 1 heterocycles. The van der Waals surface area contributed by atoms with E-state index >= 15 is 0 Å². The summed E-state index contributed by atoms with van der Waals surface area (Å²) in [4.78, 5) is 24.2. The summed E-state index contributed by atoms with van der Waals surface area (Å²) in [6.07, 6.45) is 0. The van der Waals surface area contributed by atoms with Gasteiger partial charge in [0.1, 0.15) is 0 Å². The van der Waals surface area contributed by atoms with Crippen LogP contribution in [0.3, 0.4) is 0 Å². The van der Waals surface area contributed by atoms with Gasteiger partial charge in [-0.15, -0.1) is 0 Å². The Kier molecular flexibility index (Phi) is 3.72. The molecule has 2 N–H and O–H groups in total. The van der Waals surface area contributed by atoms with E-state index in [1.54, 1.807) is 0 Å². The number of hydrogen-bond donors (Lipinski definition) is 2. The molecule has 0 unspecified atom stereocenters. The molecule has 0 aromatic heterocycles. The maximum Gasteiger partial charge on any atom is 0.336 e. The van der Waals surface area contributed by atoms with Crippen molar-refractivity contribution in [2.45, 2.75) is 5.92 Å². The Balaban J connectivity index is 2.49. The molecule has 1 saturated heterocycles. The van der Waals surface area contributed by atoms with Crippen LogP contribution in [0.4, 0.5) is 0 Å². The average Bonchev–Trinajstić information content (AvgIpc) is 2.78. The van der Waals surface area contributed by atoms with Crippen LogP contribution in [0.15, 0.2) is 18.2 Å². The number of benzene rings is 1. The Morgan fingerprint density at radius 1 is 1.30 bits per heavy atom. The smallest absolute Gasteiger partial charge is 0.336 e. The largest absolute Gasteiger partial charge is 0.478 e. The summed E-state index contributed by atoms with van der Waals surface area (Å²) in [7, 11) is 1.87. The van der Waals surface area contributed by atoms with E-state index in [2.05, 4.69) is 6.07 Å². The summed E-state index contributed by atoms with van der Waals surface area (Å²) >= 11 is 0. The highest BCUT2D eigenvalue weighted by molar-refractivity contribution is 5.95. The lowest BCUT2D eigenvalue weighted by molar-refractivity contribution is 0.0694. The maximum absolute atomic E-state index is 11.3. The second-order valence-corrected chi connectivity index (χ2v) is 4.98. The fraction of sp³-hybridized carbons (Fsp3) is 0.357. The van der Waals surface area contributed by atoms with Crippen LogP contribution in [0.5, 0.6) is 0 Å². The normalized spacial score (nSPS) is 22.4. The van der Waals surface area contributed by atoms with E-state index in [-0.39, 0.29) is 23.0 Å². The number of nitriles is 1. The van der Waals surface area contributed by atoms with Crippen molar-refractivity contribution in [3.63, 3.8) is 0 Å². The molecular formula is C14H14N2O4. The number of nitrogens with zero attached hydrogens (tertiary/aromatic N) is 2. The lowest BCUT2D eigenvalue weighted by Crippen LogP contribution is -2.15. The molecule has 0 spiro atoms. The summed E-state index contributed by atoms with van der Waals surface area (Å²) in [5, 5.41) is 27.4. The molecule has 1 fully saturated rings. The van der Waals surface area contributed by atoms with Crippen LogP contribution >= 0.6 is 0 Å². The van der Waals surface area contributed by atoms with Crippen LogP contribution in [-0.2, 0) is 0 Å². The van der Waals surface area contributed by atoms with Gasteiger partial charge in [-0.25, -0.2) is 9.59 Å². The summed E-state index contributed by atoms with van der Waals surface area (Å²) in [6, 6.07) is 6.26. The molecule has 0 bridgehead atoms. The van der Waals surface area contributed by atoms with E-state index in [1.807, 2.05) is 11.9 Å². The topological polar surface area (TPSA) is 102 Å². The van der Waals surface area contributed by atoms with Crippen molar-refractivity contribution in [2.75, 3.05) is 20.1 Å². The molecule has 1 aliphatic rings. The molecule has 104 valence electrons. The van der Waals surface area contributed by atoms with Crippen LogP contribution < -0.4 is 0 Å². The summed E-state index contributed by atoms with van der Waals surface area (Å²) in [5.41, 5.74) is 0.426. The minimum atomic E-state index is -1.17. The number of likely N-dealkylation sites (N-methyl/N-ethyl adjacent to an activating group) is 1. The lowest BCUT2D eigenvalue weighted by atomic mass is 9.86. The van der Waals surface area contributed by atoms with Gasteiger partial charge in [0, 0.05) is 19.0 Å². The van der Waals surface area contributed by atoms with Crippen LogP contribution in [0.25, 0.3) is 0 Å². The van der Waals surface area contributed by atoms with E-state index in [0.29, 0.717) is 18.7 Å². The molecule has 0 amide bonds. The van der Waals surface area contributed by atoms with Crippen LogP contribution in [0.2, 0.25) is 0 Å². The highest BCUT2D eigenvalue weighted by Gasteiger charge is 2.34. The molecule has 6 nitrogen and oxygen atoms in total. The van der Waals surface area contributed by atoms with Crippen molar-refractivity contribution in [3.05, 3.63) is 34.9 Å². The third-order valence-electron chi connectivity index (χ3n) is 3.60. The molecule has 0 saturated carbocycles. The minimum absolute atomic E-state index is 0.0366. The highest BCUT2D eigenvalue weighted by atomic mass is 16.4. The number of likely N-dealkylation sites (tertiary alicyclic amines) is 1. The van der Waals surface area contributed by atoms with E-state index in [0.717, 1.165) is 6.07 Å². The number of hydrogen-bond acceptors (Lipinski definition) is 4. The molecular weight excluding hydrogens is 260 g/mol. The van der Waals surface area contributed by atoms with Crippen molar-refractivity contribution in [2.24, 2.45) is 5.92 Å². The Labute approximate surface area is 115 Å². The lowest BCUT2D eigenvalue weighted by Gasteiger charge is -2.16. The third kappa shape index (κ3) is 2.49. The van der Waals surface area contributed by atoms with E-state index in [9.17, 15) is 14.7 Å². The molecule has 6 heteroatoms. The summed E-state index contributed by atoms with van der Waals surface area (Å²) in [5.74, 6) is -2.83. The fourth-order valence-corrected chi connectivity index (χ4v) is 2.64. The van der Waals surface area contributed by atoms with Gasteiger partial charge in [-0.2, -0.15) is 5.26 Å². The number of carboxylic acid groups (broad SMARTS) is 2. The first kappa shape index (κ1) is 14.0. The Morgan fingerprint density at radius 3 is 2.55 bits per heavy atom. The first-order chi connectivity index (χ1) is 9.43. The standard InChI is InChI=1S/C14H14N2O4/c1-16-6-9(5-15)12(7-16)10-3-2-8(13(17)18)4-11(10)14(19)20/h2-4,9,12H,6-7H2,1H3,(H,17,18)(H,19,20)/t9-,12-/m1/s1.